The molecule has 0 bridgehead atoms. The van der Waals surface area contributed by atoms with Gasteiger partial charge in [0.1, 0.15) is 10.6 Å². The van der Waals surface area contributed by atoms with Crippen LogP contribution < -0.4 is 5.32 Å². The molecule has 17 heavy (non-hydrogen) atoms. The van der Waals surface area contributed by atoms with Crippen molar-refractivity contribution in [3.05, 3.63) is 27.8 Å². The summed E-state index contributed by atoms with van der Waals surface area (Å²) in [6, 6.07) is 1.24. The van der Waals surface area contributed by atoms with Gasteiger partial charge >= 0.3 is 5.97 Å². The first-order chi connectivity index (χ1) is 8.06. The number of amides is 1. The minimum Gasteiger partial charge on any atom is -0.477 e. The fraction of sp³-hybridized carbons (Fsp3) is 0.111. The highest BCUT2D eigenvalue weighted by Gasteiger charge is 2.13. The molecule has 0 aliphatic heterocycles. The van der Waals surface area contributed by atoms with Crippen LogP contribution in [-0.2, 0) is 0 Å². The van der Waals surface area contributed by atoms with Gasteiger partial charge in [0.05, 0.1) is 11.2 Å². The number of anilines is 1. The third-order valence-electron chi connectivity index (χ3n) is 1.89. The van der Waals surface area contributed by atoms with E-state index in [-0.39, 0.29) is 17.4 Å². The molecule has 88 valence electrons. The standard InChI is InChI=1S/C9H8N4O3S/c1-4-10-3-6(17-4)8(14)11-7-2-5(9(15)16)12-13-7/h2-3H,1H3,(H,15,16)(H2,11,12,13,14). The Kier molecular flexibility index (Phi) is 2.88. The largest absolute Gasteiger partial charge is 0.477 e. The summed E-state index contributed by atoms with van der Waals surface area (Å²) in [5.74, 6) is -1.33. The lowest BCUT2D eigenvalue weighted by molar-refractivity contribution is 0.0690. The lowest BCUT2D eigenvalue weighted by Crippen LogP contribution is -2.10. The molecule has 2 aromatic rings. The SMILES string of the molecule is Cc1ncc(C(=O)Nc2cc(C(=O)O)[nH]n2)s1. The smallest absolute Gasteiger partial charge is 0.353 e. The van der Waals surface area contributed by atoms with Crippen molar-refractivity contribution in [2.75, 3.05) is 5.32 Å². The van der Waals surface area contributed by atoms with E-state index in [0.717, 1.165) is 5.01 Å². The van der Waals surface area contributed by atoms with E-state index in [9.17, 15) is 9.59 Å². The minimum absolute atomic E-state index is 0.0826. The van der Waals surface area contributed by atoms with E-state index in [4.69, 9.17) is 5.11 Å². The molecule has 0 aromatic carbocycles. The molecule has 0 fully saturated rings. The Balaban J connectivity index is 2.10. The number of aromatic carboxylic acids is 1. The Labute approximate surface area is 99.5 Å². The number of hydrogen-bond acceptors (Lipinski definition) is 5. The molecule has 0 saturated carbocycles. The van der Waals surface area contributed by atoms with Crippen molar-refractivity contribution in [2.45, 2.75) is 6.92 Å². The first-order valence-corrected chi connectivity index (χ1v) is 5.40. The predicted molar refractivity (Wildman–Crippen MR) is 60.4 cm³/mol. The Bertz CT molecular complexity index is 574. The van der Waals surface area contributed by atoms with Crippen LogP contribution in [0.1, 0.15) is 25.2 Å². The Morgan fingerprint density at radius 3 is 2.82 bits per heavy atom. The Morgan fingerprint density at radius 2 is 2.29 bits per heavy atom. The predicted octanol–water partition coefficient (Wildman–Crippen LogP) is 1.13. The number of carboxylic acid groups (broad SMARTS) is 1. The second-order valence-electron chi connectivity index (χ2n) is 3.17. The van der Waals surface area contributed by atoms with E-state index in [1.54, 1.807) is 6.92 Å². The van der Waals surface area contributed by atoms with Crippen LogP contribution in [0.4, 0.5) is 5.82 Å². The first-order valence-electron chi connectivity index (χ1n) is 4.59. The molecule has 0 atom stereocenters. The zero-order valence-electron chi connectivity index (χ0n) is 8.72. The van der Waals surface area contributed by atoms with E-state index >= 15 is 0 Å². The molecule has 2 aromatic heterocycles. The summed E-state index contributed by atoms with van der Waals surface area (Å²) in [5, 5.41) is 17.9. The Morgan fingerprint density at radius 1 is 1.53 bits per heavy atom. The zero-order chi connectivity index (χ0) is 12.4. The maximum Gasteiger partial charge on any atom is 0.353 e. The zero-order valence-corrected chi connectivity index (χ0v) is 9.54. The number of carbonyl (C=O) groups is 2. The van der Waals surface area contributed by atoms with Gasteiger partial charge in [-0.1, -0.05) is 0 Å². The van der Waals surface area contributed by atoms with Crippen LogP contribution in [0.2, 0.25) is 0 Å². The maximum atomic E-state index is 11.7. The maximum absolute atomic E-state index is 11.7. The van der Waals surface area contributed by atoms with Crippen LogP contribution in [0.3, 0.4) is 0 Å². The van der Waals surface area contributed by atoms with E-state index in [2.05, 4.69) is 20.5 Å². The van der Waals surface area contributed by atoms with E-state index in [1.807, 2.05) is 0 Å². The molecule has 0 aliphatic rings. The number of nitrogens with one attached hydrogen (secondary N) is 2. The van der Waals surface area contributed by atoms with Crippen molar-refractivity contribution in [3.8, 4) is 0 Å². The van der Waals surface area contributed by atoms with Gasteiger partial charge in [-0.15, -0.1) is 11.3 Å². The van der Waals surface area contributed by atoms with Gasteiger partial charge in [0, 0.05) is 6.07 Å². The third kappa shape index (κ3) is 2.48. The summed E-state index contributed by atoms with van der Waals surface area (Å²) in [6.07, 6.45) is 1.46. The number of H-pyrrole nitrogens is 1. The van der Waals surface area contributed by atoms with Gasteiger partial charge in [-0.25, -0.2) is 9.78 Å². The quantitative estimate of drug-likeness (QED) is 0.758. The summed E-state index contributed by atoms with van der Waals surface area (Å²) >= 11 is 1.25. The van der Waals surface area contributed by atoms with Gasteiger partial charge in [-0.3, -0.25) is 9.89 Å². The number of aromatic nitrogens is 3. The summed E-state index contributed by atoms with van der Waals surface area (Å²) < 4.78 is 0. The molecule has 3 N–H and O–H groups in total. The van der Waals surface area contributed by atoms with Crippen LogP contribution in [0.15, 0.2) is 12.3 Å². The molecule has 0 aliphatic carbocycles. The summed E-state index contributed by atoms with van der Waals surface area (Å²) in [7, 11) is 0. The van der Waals surface area contributed by atoms with Crippen molar-refractivity contribution in [3.63, 3.8) is 0 Å². The molecule has 8 heteroatoms. The van der Waals surface area contributed by atoms with Crippen LogP contribution in [-0.4, -0.2) is 32.2 Å². The molecular formula is C9H8N4O3S. The number of rotatable bonds is 3. The number of hydrogen-bond donors (Lipinski definition) is 3. The first kappa shape index (κ1) is 11.3. The van der Waals surface area contributed by atoms with Crippen LogP contribution in [0.5, 0.6) is 0 Å². The highest BCUT2D eigenvalue weighted by Crippen LogP contribution is 2.14. The van der Waals surface area contributed by atoms with Crippen molar-refractivity contribution in [1.82, 2.24) is 15.2 Å². The molecular weight excluding hydrogens is 244 g/mol. The van der Waals surface area contributed by atoms with Crippen LogP contribution in [0.25, 0.3) is 0 Å². The minimum atomic E-state index is -1.13. The van der Waals surface area contributed by atoms with E-state index in [0.29, 0.717) is 4.88 Å². The van der Waals surface area contributed by atoms with Crippen LogP contribution in [0, 0.1) is 6.92 Å². The summed E-state index contributed by atoms with van der Waals surface area (Å²) in [4.78, 5) is 26.6. The molecule has 2 heterocycles. The van der Waals surface area contributed by atoms with Crippen molar-refractivity contribution >= 4 is 29.0 Å². The fourth-order valence-electron chi connectivity index (χ4n) is 1.14. The van der Waals surface area contributed by atoms with Crippen molar-refractivity contribution in [2.24, 2.45) is 0 Å². The lowest BCUT2D eigenvalue weighted by atomic mass is 10.4. The number of aryl methyl sites for hydroxylation is 1. The van der Waals surface area contributed by atoms with Crippen molar-refractivity contribution in [1.29, 1.82) is 0 Å². The van der Waals surface area contributed by atoms with Gasteiger partial charge in [0.25, 0.3) is 5.91 Å². The van der Waals surface area contributed by atoms with Gasteiger partial charge in [-0.05, 0) is 6.92 Å². The molecule has 7 nitrogen and oxygen atoms in total. The number of aromatic amines is 1. The third-order valence-corrected chi connectivity index (χ3v) is 2.81. The summed E-state index contributed by atoms with van der Waals surface area (Å²) in [6.45, 7) is 1.79. The molecule has 0 spiro atoms. The number of nitrogens with zero attached hydrogens (tertiary/aromatic N) is 2. The highest BCUT2D eigenvalue weighted by atomic mass is 32.1. The topological polar surface area (TPSA) is 108 Å². The van der Waals surface area contributed by atoms with Gasteiger partial charge in [-0.2, -0.15) is 5.10 Å². The molecule has 1 amide bonds. The molecule has 0 saturated heterocycles. The second-order valence-corrected chi connectivity index (χ2v) is 4.40. The van der Waals surface area contributed by atoms with E-state index in [1.165, 1.54) is 23.6 Å². The monoisotopic (exact) mass is 252 g/mol. The molecule has 2 rings (SSSR count). The summed E-state index contributed by atoms with van der Waals surface area (Å²) in [5.41, 5.74) is -0.0826. The second kappa shape index (κ2) is 4.34. The van der Waals surface area contributed by atoms with Gasteiger partial charge in [0.15, 0.2) is 5.82 Å². The normalized spacial score (nSPS) is 10.2. The average molecular weight is 252 g/mol. The Hall–Kier alpha value is -2.22. The van der Waals surface area contributed by atoms with E-state index < -0.39 is 5.97 Å². The highest BCUT2D eigenvalue weighted by molar-refractivity contribution is 7.13. The fourth-order valence-corrected chi connectivity index (χ4v) is 1.81. The van der Waals surface area contributed by atoms with Gasteiger partial charge < -0.3 is 10.4 Å². The number of carboxylic acids is 1. The number of carbonyl (C=O) groups excluding carboxylic acids is 1. The molecule has 0 radical (unpaired) electrons. The van der Waals surface area contributed by atoms with Gasteiger partial charge in [0.2, 0.25) is 0 Å². The average Bonchev–Trinajstić information content (AvgIpc) is 2.86. The number of thiazole rings is 1. The van der Waals surface area contributed by atoms with Crippen LogP contribution >= 0.6 is 11.3 Å². The lowest BCUT2D eigenvalue weighted by Gasteiger charge is -1.96. The molecule has 0 unspecified atom stereocenters. The van der Waals surface area contributed by atoms with Crippen molar-refractivity contribution < 1.29 is 14.7 Å².